The summed E-state index contributed by atoms with van der Waals surface area (Å²) in [5.41, 5.74) is 12.9. The number of hydrogen-bond acceptors (Lipinski definition) is 2. The van der Waals surface area contributed by atoms with Crippen molar-refractivity contribution in [2.75, 3.05) is 16.8 Å². The van der Waals surface area contributed by atoms with Gasteiger partial charge < -0.3 is 9.80 Å². The van der Waals surface area contributed by atoms with E-state index in [1.54, 1.807) is 0 Å². The van der Waals surface area contributed by atoms with Crippen LogP contribution in [0.2, 0.25) is 0 Å². The molecule has 0 aliphatic carbocycles. The molecule has 0 atom stereocenters. The molecule has 0 aliphatic heterocycles. The minimum atomic E-state index is 1.12. The summed E-state index contributed by atoms with van der Waals surface area (Å²) in [6.45, 7) is 0. The Morgan fingerprint density at radius 2 is 0.600 bits per heavy atom. The highest BCUT2D eigenvalue weighted by atomic mass is 15.1. The normalized spacial score (nSPS) is 10.8. The Balaban J connectivity index is 1.13. The summed E-state index contributed by atoms with van der Waals surface area (Å²) < 4.78 is 0. The first-order valence-electron chi connectivity index (χ1n) is 15.3. The molecule has 0 aliphatic rings. The van der Waals surface area contributed by atoms with E-state index in [2.05, 4.69) is 205 Å². The summed E-state index contributed by atoms with van der Waals surface area (Å²) in [5.74, 6) is 0. The van der Waals surface area contributed by atoms with Gasteiger partial charge in [-0.25, -0.2) is 0 Å². The molecule has 7 aromatic carbocycles. The highest BCUT2D eigenvalue weighted by Crippen LogP contribution is 2.37. The van der Waals surface area contributed by atoms with Crippen LogP contribution >= 0.6 is 0 Å². The van der Waals surface area contributed by atoms with Gasteiger partial charge in [0.15, 0.2) is 0 Å². The Hall–Kier alpha value is -5.86. The summed E-state index contributed by atoms with van der Waals surface area (Å²) in [4.78, 5) is 4.54. The average molecular weight is 579 g/mol. The minimum Gasteiger partial charge on any atom is -0.345 e. The monoisotopic (exact) mass is 578 g/mol. The van der Waals surface area contributed by atoms with Crippen LogP contribution < -0.4 is 9.80 Å². The zero-order valence-electron chi connectivity index (χ0n) is 25.3. The summed E-state index contributed by atoms with van der Waals surface area (Å²) >= 11 is 0. The van der Waals surface area contributed by atoms with E-state index in [1.165, 1.54) is 33.4 Å². The predicted molar refractivity (Wildman–Crippen MR) is 192 cm³/mol. The van der Waals surface area contributed by atoms with Gasteiger partial charge in [-0.05, 0) is 94.0 Å². The minimum absolute atomic E-state index is 1.12. The van der Waals surface area contributed by atoms with E-state index in [9.17, 15) is 0 Å². The molecule has 7 aromatic rings. The topological polar surface area (TPSA) is 6.48 Å². The van der Waals surface area contributed by atoms with Crippen LogP contribution in [0.1, 0.15) is 0 Å². The van der Waals surface area contributed by atoms with Crippen LogP contribution in [-0.2, 0) is 0 Å². The first-order chi connectivity index (χ1) is 22.2. The van der Waals surface area contributed by atoms with E-state index in [1.807, 2.05) is 0 Å². The Bertz CT molecular complexity index is 1970. The smallest absolute Gasteiger partial charge is 0.0467 e. The number of hydrogen-bond donors (Lipinski definition) is 0. The van der Waals surface area contributed by atoms with Gasteiger partial charge >= 0.3 is 0 Å². The number of anilines is 5. The van der Waals surface area contributed by atoms with E-state index in [0.29, 0.717) is 0 Å². The van der Waals surface area contributed by atoms with Crippen LogP contribution in [0, 0.1) is 0 Å². The van der Waals surface area contributed by atoms with Crippen molar-refractivity contribution in [2.24, 2.45) is 0 Å². The van der Waals surface area contributed by atoms with E-state index in [4.69, 9.17) is 0 Å². The maximum Gasteiger partial charge on any atom is 0.0467 e. The number of nitrogens with zero attached hydrogens (tertiary/aromatic N) is 2. The van der Waals surface area contributed by atoms with Gasteiger partial charge in [0.2, 0.25) is 0 Å². The van der Waals surface area contributed by atoms with Crippen molar-refractivity contribution in [2.45, 2.75) is 0 Å². The summed E-state index contributed by atoms with van der Waals surface area (Å²) in [7, 11) is 2.12. The second-order valence-corrected chi connectivity index (χ2v) is 11.2. The van der Waals surface area contributed by atoms with E-state index >= 15 is 0 Å². The number of para-hydroxylation sites is 1. The van der Waals surface area contributed by atoms with Crippen molar-refractivity contribution in [3.63, 3.8) is 0 Å². The molecule has 216 valence electrons. The molecule has 0 saturated heterocycles. The lowest BCUT2D eigenvalue weighted by molar-refractivity contribution is 1.21. The average Bonchev–Trinajstić information content (AvgIpc) is 3.13. The molecule has 2 nitrogen and oxygen atoms in total. The van der Waals surface area contributed by atoms with Crippen LogP contribution in [0.5, 0.6) is 0 Å². The number of benzene rings is 7. The molecule has 0 N–H and O–H groups in total. The fourth-order valence-electron chi connectivity index (χ4n) is 5.82. The zero-order valence-corrected chi connectivity index (χ0v) is 25.3. The van der Waals surface area contributed by atoms with Gasteiger partial charge in [0.25, 0.3) is 0 Å². The Kier molecular flexibility index (Phi) is 7.94. The zero-order chi connectivity index (χ0) is 30.4. The van der Waals surface area contributed by atoms with Gasteiger partial charge in [-0.2, -0.15) is 0 Å². The molecule has 0 unspecified atom stereocenters. The van der Waals surface area contributed by atoms with Crippen molar-refractivity contribution >= 4 is 28.4 Å². The van der Waals surface area contributed by atoms with Crippen LogP contribution in [0.15, 0.2) is 188 Å². The fraction of sp³-hybridized carbons (Fsp3) is 0.0233. The van der Waals surface area contributed by atoms with Crippen molar-refractivity contribution < 1.29 is 0 Å². The molecule has 2 heteroatoms. The first kappa shape index (κ1) is 27.9. The quantitative estimate of drug-likeness (QED) is 0.177. The number of rotatable bonds is 8. The highest BCUT2D eigenvalue weighted by molar-refractivity contribution is 5.81. The van der Waals surface area contributed by atoms with Crippen molar-refractivity contribution in [1.29, 1.82) is 0 Å². The standard InChI is InChI=1S/C43H34N2/c1-44(39-26-20-35(21-27-39)33-12-5-2-6-13-33)40-28-22-36(23-29-40)37-24-30-42(31-25-37)45(41-17-9-4-10-18-41)43-19-11-16-38(32-43)34-14-7-3-8-15-34/h2-32H,1H3. The molecular weight excluding hydrogens is 544 g/mol. The Labute approximate surface area is 266 Å². The summed E-state index contributed by atoms with van der Waals surface area (Å²) in [5, 5.41) is 0. The Morgan fingerprint density at radius 3 is 1.09 bits per heavy atom. The third kappa shape index (κ3) is 6.13. The molecule has 0 heterocycles. The molecule has 0 aromatic heterocycles. The molecule has 0 bridgehead atoms. The van der Waals surface area contributed by atoms with E-state index in [0.717, 1.165) is 28.4 Å². The third-order valence-electron chi connectivity index (χ3n) is 8.30. The molecule has 0 saturated carbocycles. The molecule has 0 radical (unpaired) electrons. The van der Waals surface area contributed by atoms with Crippen LogP contribution in [-0.4, -0.2) is 7.05 Å². The van der Waals surface area contributed by atoms with Crippen LogP contribution in [0.4, 0.5) is 28.4 Å². The van der Waals surface area contributed by atoms with Crippen molar-refractivity contribution in [3.8, 4) is 33.4 Å². The maximum absolute atomic E-state index is 2.32. The van der Waals surface area contributed by atoms with Gasteiger partial charge in [-0.1, -0.05) is 127 Å². The molecule has 7 rings (SSSR count). The highest BCUT2D eigenvalue weighted by Gasteiger charge is 2.14. The second-order valence-electron chi connectivity index (χ2n) is 11.2. The summed E-state index contributed by atoms with van der Waals surface area (Å²) in [6.07, 6.45) is 0. The van der Waals surface area contributed by atoms with Gasteiger partial charge in [0.1, 0.15) is 0 Å². The van der Waals surface area contributed by atoms with Gasteiger partial charge in [-0.3, -0.25) is 0 Å². The van der Waals surface area contributed by atoms with E-state index in [-0.39, 0.29) is 0 Å². The van der Waals surface area contributed by atoms with Crippen molar-refractivity contribution in [1.82, 2.24) is 0 Å². The largest absolute Gasteiger partial charge is 0.345 e. The lowest BCUT2D eigenvalue weighted by Crippen LogP contribution is -2.10. The van der Waals surface area contributed by atoms with Gasteiger partial charge in [-0.15, -0.1) is 0 Å². The summed E-state index contributed by atoms with van der Waals surface area (Å²) in [6, 6.07) is 66.8. The second kappa shape index (κ2) is 12.8. The SMILES string of the molecule is CN(c1ccc(-c2ccccc2)cc1)c1ccc(-c2ccc(N(c3ccccc3)c3cccc(-c4ccccc4)c3)cc2)cc1. The fourth-order valence-corrected chi connectivity index (χ4v) is 5.82. The van der Waals surface area contributed by atoms with E-state index < -0.39 is 0 Å². The molecule has 0 amide bonds. The van der Waals surface area contributed by atoms with Crippen LogP contribution in [0.3, 0.4) is 0 Å². The molecule has 45 heavy (non-hydrogen) atoms. The molecule has 0 fully saturated rings. The molecule has 0 spiro atoms. The lowest BCUT2D eigenvalue weighted by Gasteiger charge is -2.26. The third-order valence-corrected chi connectivity index (χ3v) is 8.30. The van der Waals surface area contributed by atoms with Crippen molar-refractivity contribution in [3.05, 3.63) is 188 Å². The predicted octanol–water partition coefficient (Wildman–Crippen LogP) is 11.9. The first-order valence-corrected chi connectivity index (χ1v) is 15.3. The lowest BCUT2D eigenvalue weighted by atomic mass is 10.0. The Morgan fingerprint density at radius 1 is 0.267 bits per heavy atom. The van der Waals surface area contributed by atoms with Crippen LogP contribution in [0.25, 0.3) is 33.4 Å². The van der Waals surface area contributed by atoms with Gasteiger partial charge in [0.05, 0.1) is 0 Å². The van der Waals surface area contributed by atoms with Gasteiger partial charge in [0, 0.05) is 35.5 Å². The molecular formula is C43H34N2. The maximum atomic E-state index is 2.32.